The highest BCUT2D eigenvalue weighted by molar-refractivity contribution is 9.09. The number of hydrogen-bond donors (Lipinski definition) is 0. The molecule has 248 valence electrons. The van der Waals surface area contributed by atoms with Gasteiger partial charge in [0.05, 0.1) is 24.1 Å². The van der Waals surface area contributed by atoms with Gasteiger partial charge in [0.15, 0.2) is 5.82 Å². The van der Waals surface area contributed by atoms with Crippen molar-refractivity contribution < 1.29 is 23.0 Å². The maximum absolute atomic E-state index is 16.8. The van der Waals surface area contributed by atoms with Crippen LogP contribution in [0.4, 0.5) is 14.6 Å². The third kappa shape index (κ3) is 5.49. The molecule has 1 aromatic carbocycles. The van der Waals surface area contributed by atoms with E-state index < -0.39 is 23.1 Å². The summed E-state index contributed by atoms with van der Waals surface area (Å²) >= 11 is 9.97. The number of benzene rings is 1. The molecular weight excluding hydrogens is 694 g/mol. The van der Waals surface area contributed by atoms with Crippen LogP contribution in [-0.4, -0.2) is 106 Å². The van der Waals surface area contributed by atoms with Crippen molar-refractivity contribution in [3.8, 4) is 17.3 Å². The van der Waals surface area contributed by atoms with Gasteiger partial charge in [-0.3, -0.25) is 14.7 Å². The van der Waals surface area contributed by atoms with Gasteiger partial charge in [-0.15, -0.1) is 0 Å². The van der Waals surface area contributed by atoms with Gasteiger partial charge < -0.3 is 19.3 Å². The number of allylic oxidation sites excluding steroid dienone is 1. The maximum atomic E-state index is 16.8. The number of fused-ring (bicyclic) bond motifs is 2. The largest absolute Gasteiger partial charge is 0.461 e. The zero-order chi connectivity index (χ0) is 32.3. The molecule has 13 heteroatoms. The predicted octanol–water partition coefficient (Wildman–Crippen LogP) is 5.69. The standard InChI is InChI=1S/C34H36BrClF2N6O3/c35-10-2-6-26(45)44-13-12-42(17-34(44)18-46-19-34)31-24-15-39-29(23-4-1-5-25(36)27(23)21-7-8-21)28(38)30(24)40-32(41-31)47-20-33-9-3-11-43(33)16-22(37)14-33/h1-2,4-6,15,21-22H,3,7-14,16-20H2/b6-2+/t22-,33+/m1/s1. The van der Waals surface area contributed by atoms with Gasteiger partial charge >= 0.3 is 6.01 Å². The number of aromatic nitrogens is 3. The molecule has 5 aliphatic rings. The van der Waals surface area contributed by atoms with E-state index in [1.807, 2.05) is 23.1 Å². The van der Waals surface area contributed by atoms with Gasteiger partial charge in [0, 0.05) is 54.7 Å². The lowest BCUT2D eigenvalue weighted by atomic mass is 9.91. The molecule has 0 unspecified atom stereocenters. The lowest BCUT2D eigenvalue weighted by molar-refractivity contribution is -0.164. The molecule has 6 heterocycles. The number of halogens is 4. The first-order valence-corrected chi connectivity index (χ1v) is 17.8. The summed E-state index contributed by atoms with van der Waals surface area (Å²) in [6.45, 7) is 3.58. The van der Waals surface area contributed by atoms with E-state index in [4.69, 9.17) is 26.1 Å². The third-order valence-corrected chi connectivity index (χ3v) is 11.2. The number of anilines is 1. The Morgan fingerprint density at radius 1 is 1.21 bits per heavy atom. The van der Waals surface area contributed by atoms with Crippen LogP contribution in [0.3, 0.4) is 0 Å². The number of pyridine rings is 1. The molecule has 2 atom stereocenters. The minimum absolute atomic E-state index is 0.0401. The number of rotatable bonds is 8. The number of amides is 1. The fraction of sp³-hybridized carbons (Fsp3) is 0.529. The molecule has 1 saturated carbocycles. The quantitative estimate of drug-likeness (QED) is 0.216. The molecule has 8 rings (SSSR count). The van der Waals surface area contributed by atoms with Crippen LogP contribution in [0.15, 0.2) is 36.5 Å². The summed E-state index contributed by atoms with van der Waals surface area (Å²) in [5, 5.41) is 1.64. The number of carbonyl (C=O) groups is 1. The van der Waals surface area contributed by atoms with Crippen LogP contribution in [0, 0.1) is 5.82 Å². The van der Waals surface area contributed by atoms with Crippen LogP contribution in [0.2, 0.25) is 5.02 Å². The second-order valence-electron chi connectivity index (χ2n) is 13.5. The summed E-state index contributed by atoms with van der Waals surface area (Å²) in [5.41, 5.74) is 0.907. The Morgan fingerprint density at radius 2 is 2.06 bits per heavy atom. The Labute approximate surface area is 285 Å². The normalized spacial score (nSPS) is 25.6. The second-order valence-corrected chi connectivity index (χ2v) is 14.6. The number of nitrogens with zero attached hydrogens (tertiary/aromatic N) is 6. The molecule has 3 aromatic rings. The highest BCUT2D eigenvalue weighted by Crippen LogP contribution is 2.48. The summed E-state index contributed by atoms with van der Waals surface area (Å²) in [7, 11) is 0. The van der Waals surface area contributed by atoms with E-state index in [2.05, 4.69) is 35.7 Å². The first-order chi connectivity index (χ1) is 22.8. The van der Waals surface area contributed by atoms with Crippen molar-refractivity contribution in [2.75, 3.05) is 62.8 Å². The van der Waals surface area contributed by atoms with Crippen LogP contribution in [0.1, 0.15) is 43.6 Å². The van der Waals surface area contributed by atoms with Crippen molar-refractivity contribution in [1.29, 1.82) is 0 Å². The zero-order valence-corrected chi connectivity index (χ0v) is 28.3. The number of ether oxygens (including phenoxy) is 2. The van der Waals surface area contributed by atoms with Crippen molar-refractivity contribution in [2.24, 2.45) is 0 Å². The SMILES string of the molecule is O=C(/C=C/CBr)N1CCN(c2nc(OC[C@@]34CCCN3C[C@H](F)C4)nc3c(F)c(-c4cccc(Cl)c4C4CC4)ncc23)CC12COC2. The molecule has 4 aliphatic heterocycles. The highest BCUT2D eigenvalue weighted by Gasteiger charge is 2.51. The van der Waals surface area contributed by atoms with Gasteiger partial charge in [-0.05, 0) is 55.9 Å². The average Bonchev–Trinajstić information content (AvgIpc) is 3.74. The molecule has 1 spiro atoms. The summed E-state index contributed by atoms with van der Waals surface area (Å²) in [6.07, 6.45) is 8.30. The first-order valence-electron chi connectivity index (χ1n) is 16.3. The van der Waals surface area contributed by atoms with Crippen LogP contribution >= 0.6 is 27.5 Å². The van der Waals surface area contributed by atoms with E-state index in [1.54, 1.807) is 18.3 Å². The molecule has 1 amide bonds. The molecule has 1 aliphatic carbocycles. The number of hydrogen-bond acceptors (Lipinski definition) is 8. The van der Waals surface area contributed by atoms with Crippen LogP contribution in [-0.2, 0) is 9.53 Å². The van der Waals surface area contributed by atoms with Gasteiger partial charge in [-0.2, -0.15) is 9.97 Å². The van der Waals surface area contributed by atoms with E-state index in [9.17, 15) is 9.18 Å². The van der Waals surface area contributed by atoms with Crippen molar-refractivity contribution >= 4 is 50.2 Å². The van der Waals surface area contributed by atoms with Gasteiger partial charge in [0.2, 0.25) is 5.91 Å². The number of carbonyl (C=O) groups excluding carboxylic acids is 1. The Hall–Kier alpha value is -2.93. The van der Waals surface area contributed by atoms with E-state index >= 15 is 4.39 Å². The number of piperazine rings is 1. The van der Waals surface area contributed by atoms with Gasteiger partial charge in [0.1, 0.15) is 35.3 Å². The van der Waals surface area contributed by atoms with Gasteiger partial charge in [-0.25, -0.2) is 8.78 Å². The molecule has 5 fully saturated rings. The fourth-order valence-electron chi connectivity index (χ4n) is 8.02. The Bertz CT molecular complexity index is 1760. The van der Waals surface area contributed by atoms with Gasteiger partial charge in [-0.1, -0.05) is 45.7 Å². The molecule has 2 aromatic heterocycles. The second kappa shape index (κ2) is 12.2. The minimum atomic E-state index is -0.902. The highest BCUT2D eigenvalue weighted by atomic mass is 79.9. The van der Waals surface area contributed by atoms with Crippen molar-refractivity contribution in [1.82, 2.24) is 24.8 Å². The lowest BCUT2D eigenvalue weighted by Gasteiger charge is -2.55. The van der Waals surface area contributed by atoms with Crippen LogP contribution in [0.5, 0.6) is 6.01 Å². The Kier molecular flexibility index (Phi) is 8.13. The van der Waals surface area contributed by atoms with E-state index in [-0.39, 0.29) is 35.7 Å². The third-order valence-electron chi connectivity index (χ3n) is 10.5. The van der Waals surface area contributed by atoms with Crippen molar-refractivity contribution in [3.05, 3.63) is 53.0 Å². The summed E-state index contributed by atoms with van der Waals surface area (Å²) in [5.74, 6) is 0.124. The monoisotopic (exact) mass is 728 g/mol. The molecular formula is C34H36BrClF2N6O3. The number of alkyl halides is 2. The molecule has 9 nitrogen and oxygen atoms in total. The van der Waals surface area contributed by atoms with Crippen LogP contribution in [0.25, 0.3) is 22.2 Å². The zero-order valence-electron chi connectivity index (χ0n) is 25.9. The van der Waals surface area contributed by atoms with Crippen molar-refractivity contribution in [3.63, 3.8) is 0 Å². The lowest BCUT2D eigenvalue weighted by Crippen LogP contribution is -2.72. The van der Waals surface area contributed by atoms with E-state index in [1.165, 1.54) is 0 Å². The van der Waals surface area contributed by atoms with Crippen molar-refractivity contribution in [2.45, 2.75) is 55.3 Å². The Morgan fingerprint density at radius 3 is 2.83 bits per heavy atom. The smallest absolute Gasteiger partial charge is 0.319 e. The van der Waals surface area contributed by atoms with E-state index in [0.29, 0.717) is 72.9 Å². The topological polar surface area (TPSA) is 83.9 Å². The fourth-order valence-corrected chi connectivity index (χ4v) is 8.53. The maximum Gasteiger partial charge on any atom is 0.319 e. The van der Waals surface area contributed by atoms with Crippen LogP contribution < -0.4 is 9.64 Å². The van der Waals surface area contributed by atoms with Gasteiger partial charge in [0.25, 0.3) is 0 Å². The summed E-state index contributed by atoms with van der Waals surface area (Å²) in [6, 6.07) is 5.55. The molecule has 47 heavy (non-hydrogen) atoms. The van der Waals surface area contributed by atoms with E-state index in [0.717, 1.165) is 37.8 Å². The predicted molar refractivity (Wildman–Crippen MR) is 179 cm³/mol. The summed E-state index contributed by atoms with van der Waals surface area (Å²) in [4.78, 5) is 33.4. The first kappa shape index (κ1) is 31.3. The molecule has 4 saturated heterocycles. The molecule has 0 bridgehead atoms. The molecule has 0 radical (unpaired) electrons. The average molecular weight is 730 g/mol. The molecule has 0 N–H and O–H groups in total. The Balaban J connectivity index is 1.19. The summed E-state index contributed by atoms with van der Waals surface area (Å²) < 4.78 is 43.3. The minimum Gasteiger partial charge on any atom is -0.461 e.